The average Bonchev–Trinajstić information content (AvgIpc) is 2.58. The highest BCUT2D eigenvalue weighted by atomic mass is 16.4. The summed E-state index contributed by atoms with van der Waals surface area (Å²) < 4.78 is 0. The lowest BCUT2D eigenvalue weighted by molar-refractivity contribution is -0.143. The van der Waals surface area contributed by atoms with Gasteiger partial charge in [0.05, 0.1) is 18.4 Å². The molecule has 1 aliphatic carbocycles. The maximum Gasteiger partial charge on any atom is 0.306 e. The highest BCUT2D eigenvalue weighted by Crippen LogP contribution is 2.25. The van der Waals surface area contributed by atoms with E-state index in [1.165, 1.54) is 7.05 Å². The second kappa shape index (κ2) is 5.06. The maximum atomic E-state index is 11.7. The molecule has 6 nitrogen and oxygen atoms in total. The number of aliphatic carboxylic acids is 1. The van der Waals surface area contributed by atoms with Gasteiger partial charge in [0.25, 0.3) is 0 Å². The highest BCUT2D eigenvalue weighted by molar-refractivity contribution is 6.05. The van der Waals surface area contributed by atoms with E-state index in [9.17, 15) is 14.4 Å². The number of nitrogens with zero attached hydrogens (tertiary/aromatic N) is 1. The summed E-state index contributed by atoms with van der Waals surface area (Å²) in [6.45, 7) is 0. The van der Waals surface area contributed by atoms with Gasteiger partial charge in [-0.1, -0.05) is 0 Å². The highest BCUT2D eigenvalue weighted by Gasteiger charge is 2.37. The van der Waals surface area contributed by atoms with Crippen LogP contribution in [0.4, 0.5) is 0 Å². The first-order valence-electron chi connectivity index (χ1n) is 6.28. The number of hydrogen-bond acceptors (Lipinski definition) is 4. The van der Waals surface area contributed by atoms with Crippen molar-refractivity contribution in [3.05, 3.63) is 0 Å². The van der Waals surface area contributed by atoms with Crippen molar-refractivity contribution in [3.8, 4) is 0 Å². The van der Waals surface area contributed by atoms with Crippen molar-refractivity contribution in [1.82, 2.24) is 10.2 Å². The van der Waals surface area contributed by atoms with Gasteiger partial charge in [0, 0.05) is 13.1 Å². The van der Waals surface area contributed by atoms with Crippen LogP contribution in [0.25, 0.3) is 0 Å². The number of carbonyl (C=O) groups is 3. The summed E-state index contributed by atoms with van der Waals surface area (Å²) in [5.74, 6) is -1.33. The second-order valence-corrected chi connectivity index (χ2v) is 5.10. The van der Waals surface area contributed by atoms with E-state index in [1.54, 1.807) is 0 Å². The molecule has 1 unspecified atom stereocenters. The zero-order valence-corrected chi connectivity index (χ0v) is 10.4. The summed E-state index contributed by atoms with van der Waals surface area (Å²) in [7, 11) is 1.49. The summed E-state index contributed by atoms with van der Waals surface area (Å²) in [5.41, 5.74) is 0. The molecule has 1 saturated carbocycles. The van der Waals surface area contributed by atoms with E-state index in [0.717, 1.165) is 17.7 Å². The number of hydrogen-bond donors (Lipinski definition) is 2. The number of likely N-dealkylation sites (N-methyl/N-ethyl adjacent to an activating group) is 1. The first kappa shape index (κ1) is 13.0. The van der Waals surface area contributed by atoms with E-state index >= 15 is 0 Å². The molecule has 1 heterocycles. The topological polar surface area (TPSA) is 86.7 Å². The molecule has 0 aromatic heterocycles. The average molecular weight is 254 g/mol. The van der Waals surface area contributed by atoms with Gasteiger partial charge in [-0.05, 0) is 25.7 Å². The minimum Gasteiger partial charge on any atom is -0.481 e. The molecule has 2 rings (SSSR count). The van der Waals surface area contributed by atoms with Gasteiger partial charge < -0.3 is 10.4 Å². The molecular formula is C12H18N2O4. The SMILES string of the molecule is CN1C(=O)CC(NC2CCC(C(=O)O)CC2)C1=O. The molecule has 100 valence electrons. The summed E-state index contributed by atoms with van der Waals surface area (Å²) in [6, 6.07) is -0.275. The van der Waals surface area contributed by atoms with E-state index in [4.69, 9.17) is 5.11 Å². The summed E-state index contributed by atoms with van der Waals surface area (Å²) in [6.07, 6.45) is 2.99. The Morgan fingerprint density at radius 1 is 1.28 bits per heavy atom. The van der Waals surface area contributed by atoms with E-state index < -0.39 is 12.0 Å². The van der Waals surface area contributed by atoms with Crippen LogP contribution in [0.15, 0.2) is 0 Å². The standard InChI is InChI=1S/C12H18N2O4/c1-14-10(15)6-9(11(14)16)13-8-4-2-7(3-5-8)12(17)18/h7-9,13H,2-6H2,1H3,(H,17,18). The summed E-state index contributed by atoms with van der Waals surface area (Å²) in [4.78, 5) is 35.0. The van der Waals surface area contributed by atoms with Crippen LogP contribution < -0.4 is 5.32 Å². The number of amides is 2. The molecule has 2 amide bonds. The Kier molecular flexibility index (Phi) is 3.65. The van der Waals surface area contributed by atoms with Crippen LogP contribution in [-0.4, -0.2) is 46.9 Å². The molecule has 1 atom stereocenters. The number of carboxylic acids is 1. The lowest BCUT2D eigenvalue weighted by atomic mass is 9.86. The maximum absolute atomic E-state index is 11.7. The van der Waals surface area contributed by atoms with E-state index in [0.29, 0.717) is 12.8 Å². The lowest BCUT2D eigenvalue weighted by Gasteiger charge is -2.28. The monoisotopic (exact) mass is 254 g/mol. The van der Waals surface area contributed by atoms with Gasteiger partial charge in [-0.2, -0.15) is 0 Å². The van der Waals surface area contributed by atoms with Crippen molar-refractivity contribution >= 4 is 17.8 Å². The largest absolute Gasteiger partial charge is 0.481 e. The van der Waals surface area contributed by atoms with Crippen molar-refractivity contribution in [3.63, 3.8) is 0 Å². The molecule has 0 aromatic rings. The third kappa shape index (κ3) is 2.53. The Labute approximate surface area is 105 Å². The van der Waals surface area contributed by atoms with Gasteiger partial charge in [-0.15, -0.1) is 0 Å². The van der Waals surface area contributed by atoms with Crippen molar-refractivity contribution in [1.29, 1.82) is 0 Å². The van der Waals surface area contributed by atoms with Crippen LogP contribution in [0.5, 0.6) is 0 Å². The summed E-state index contributed by atoms with van der Waals surface area (Å²) >= 11 is 0. The fourth-order valence-electron chi connectivity index (χ4n) is 2.68. The van der Waals surface area contributed by atoms with Crippen LogP contribution in [0.2, 0.25) is 0 Å². The molecule has 2 aliphatic rings. The van der Waals surface area contributed by atoms with Crippen molar-refractivity contribution in [2.75, 3.05) is 7.05 Å². The van der Waals surface area contributed by atoms with Gasteiger partial charge in [-0.25, -0.2) is 0 Å². The molecule has 6 heteroatoms. The van der Waals surface area contributed by atoms with Gasteiger partial charge in [0.1, 0.15) is 0 Å². The van der Waals surface area contributed by atoms with Crippen LogP contribution in [-0.2, 0) is 14.4 Å². The third-order valence-corrected chi connectivity index (χ3v) is 3.89. The zero-order valence-electron chi connectivity index (χ0n) is 10.4. The predicted molar refractivity (Wildman–Crippen MR) is 62.7 cm³/mol. The minimum atomic E-state index is -0.736. The number of nitrogens with one attached hydrogen (secondary N) is 1. The fraction of sp³-hybridized carbons (Fsp3) is 0.750. The van der Waals surface area contributed by atoms with Crippen LogP contribution in [0.1, 0.15) is 32.1 Å². The smallest absolute Gasteiger partial charge is 0.306 e. The van der Waals surface area contributed by atoms with Gasteiger partial charge in [0.15, 0.2) is 0 Å². The number of carboxylic acid groups (broad SMARTS) is 1. The van der Waals surface area contributed by atoms with Gasteiger partial charge >= 0.3 is 5.97 Å². The normalized spacial score (nSPS) is 32.9. The minimum absolute atomic E-state index is 0.147. The van der Waals surface area contributed by atoms with Crippen molar-refractivity contribution in [2.24, 2.45) is 5.92 Å². The van der Waals surface area contributed by atoms with Crippen LogP contribution in [0, 0.1) is 5.92 Å². The quantitative estimate of drug-likeness (QED) is 0.691. The number of carbonyl (C=O) groups excluding carboxylic acids is 2. The molecule has 0 radical (unpaired) electrons. The van der Waals surface area contributed by atoms with E-state index in [2.05, 4.69) is 5.32 Å². The fourth-order valence-corrected chi connectivity index (χ4v) is 2.68. The van der Waals surface area contributed by atoms with Crippen LogP contribution >= 0.6 is 0 Å². The molecule has 1 aliphatic heterocycles. The van der Waals surface area contributed by atoms with Gasteiger partial charge in [-0.3, -0.25) is 19.3 Å². The summed E-state index contributed by atoms with van der Waals surface area (Å²) in [5, 5.41) is 12.1. The first-order valence-corrected chi connectivity index (χ1v) is 6.28. The first-order chi connectivity index (χ1) is 8.49. The molecule has 2 fully saturated rings. The number of likely N-dealkylation sites (tertiary alicyclic amines) is 1. The number of rotatable bonds is 3. The molecule has 2 N–H and O–H groups in total. The molecular weight excluding hydrogens is 236 g/mol. The van der Waals surface area contributed by atoms with Crippen molar-refractivity contribution < 1.29 is 19.5 Å². The Hall–Kier alpha value is -1.43. The third-order valence-electron chi connectivity index (χ3n) is 3.89. The Morgan fingerprint density at radius 2 is 1.89 bits per heavy atom. The van der Waals surface area contributed by atoms with Crippen molar-refractivity contribution in [2.45, 2.75) is 44.2 Å². The van der Waals surface area contributed by atoms with E-state index in [1.807, 2.05) is 0 Å². The predicted octanol–water partition coefficient (Wildman–Crippen LogP) is -0.0233. The second-order valence-electron chi connectivity index (χ2n) is 5.10. The Morgan fingerprint density at radius 3 is 2.33 bits per heavy atom. The molecule has 0 aromatic carbocycles. The van der Waals surface area contributed by atoms with Crippen LogP contribution in [0.3, 0.4) is 0 Å². The Bertz CT molecular complexity index is 374. The molecule has 0 spiro atoms. The molecule has 1 saturated heterocycles. The Balaban J connectivity index is 1.84. The zero-order chi connectivity index (χ0) is 13.3. The lowest BCUT2D eigenvalue weighted by Crippen LogP contribution is -2.45. The molecule has 18 heavy (non-hydrogen) atoms. The van der Waals surface area contributed by atoms with E-state index in [-0.39, 0.29) is 30.2 Å². The van der Waals surface area contributed by atoms with Gasteiger partial charge in [0.2, 0.25) is 11.8 Å². The number of imide groups is 1. The molecule has 0 bridgehead atoms.